The molecule has 14 heavy (non-hydrogen) atoms. The molecule has 0 aromatic carbocycles. The van der Waals surface area contributed by atoms with E-state index in [9.17, 15) is 0 Å². The molecule has 0 amide bonds. The van der Waals surface area contributed by atoms with Crippen LogP contribution in [0.15, 0.2) is 0 Å². The standard InChI is InChI=1S/C12H24OS/c1-2-3-4-5-6-7-8-9-13-10-12-11-14-12/h12H,2-11H2,1H3. The van der Waals surface area contributed by atoms with Gasteiger partial charge in [-0.2, -0.15) is 11.8 Å². The summed E-state index contributed by atoms with van der Waals surface area (Å²) in [5, 5.41) is 0.847. The molecule has 1 heterocycles. The molecule has 1 saturated heterocycles. The summed E-state index contributed by atoms with van der Waals surface area (Å²) in [5.41, 5.74) is 0. The van der Waals surface area contributed by atoms with Crippen LogP contribution < -0.4 is 0 Å². The van der Waals surface area contributed by atoms with Crippen LogP contribution in [0.5, 0.6) is 0 Å². The quantitative estimate of drug-likeness (QED) is 0.405. The normalized spacial score (nSPS) is 19.9. The van der Waals surface area contributed by atoms with Gasteiger partial charge in [0.05, 0.1) is 6.61 Å². The average Bonchev–Trinajstić information content (AvgIpc) is 2.99. The Bertz CT molecular complexity index is 123. The van der Waals surface area contributed by atoms with E-state index in [4.69, 9.17) is 4.74 Å². The number of ether oxygens (including phenoxy) is 1. The van der Waals surface area contributed by atoms with Crippen molar-refractivity contribution < 1.29 is 4.74 Å². The first-order valence-corrected chi connectivity index (χ1v) is 7.17. The highest BCUT2D eigenvalue weighted by Crippen LogP contribution is 2.29. The van der Waals surface area contributed by atoms with Crippen molar-refractivity contribution >= 4 is 11.8 Å². The van der Waals surface area contributed by atoms with E-state index in [1.54, 1.807) is 0 Å². The molecule has 1 rings (SSSR count). The molecule has 0 bridgehead atoms. The van der Waals surface area contributed by atoms with Crippen LogP contribution in [0.2, 0.25) is 0 Å². The van der Waals surface area contributed by atoms with Crippen molar-refractivity contribution in [3.05, 3.63) is 0 Å². The van der Waals surface area contributed by atoms with Crippen molar-refractivity contribution in [2.24, 2.45) is 0 Å². The third-order valence-corrected chi connectivity index (χ3v) is 3.54. The molecule has 0 aromatic heterocycles. The minimum absolute atomic E-state index is 0.847. The lowest BCUT2D eigenvalue weighted by Crippen LogP contribution is -2.01. The van der Waals surface area contributed by atoms with Gasteiger partial charge in [-0.25, -0.2) is 0 Å². The average molecular weight is 216 g/mol. The molecule has 1 aliphatic heterocycles. The number of hydrogen-bond acceptors (Lipinski definition) is 2. The zero-order valence-electron chi connectivity index (χ0n) is 9.46. The SMILES string of the molecule is CCCCCCCCCOCC1CS1. The van der Waals surface area contributed by atoms with Crippen LogP contribution in [-0.4, -0.2) is 24.2 Å². The van der Waals surface area contributed by atoms with Crippen molar-refractivity contribution in [3.63, 3.8) is 0 Å². The van der Waals surface area contributed by atoms with E-state index < -0.39 is 0 Å². The molecule has 1 nitrogen and oxygen atoms in total. The third-order valence-electron chi connectivity index (χ3n) is 2.60. The van der Waals surface area contributed by atoms with Crippen LogP contribution in [0.25, 0.3) is 0 Å². The van der Waals surface area contributed by atoms with E-state index in [1.165, 1.54) is 50.7 Å². The minimum Gasteiger partial charge on any atom is -0.380 e. The Morgan fingerprint density at radius 2 is 1.71 bits per heavy atom. The van der Waals surface area contributed by atoms with Gasteiger partial charge in [-0.05, 0) is 6.42 Å². The molecule has 0 saturated carbocycles. The Morgan fingerprint density at radius 3 is 2.36 bits per heavy atom. The van der Waals surface area contributed by atoms with E-state index in [2.05, 4.69) is 6.92 Å². The van der Waals surface area contributed by atoms with Gasteiger partial charge in [0.2, 0.25) is 0 Å². The maximum atomic E-state index is 5.56. The first-order valence-electron chi connectivity index (χ1n) is 6.13. The maximum Gasteiger partial charge on any atom is 0.0593 e. The molecule has 0 aromatic rings. The van der Waals surface area contributed by atoms with Crippen LogP contribution in [-0.2, 0) is 4.74 Å². The summed E-state index contributed by atoms with van der Waals surface area (Å²) < 4.78 is 5.56. The Balaban J connectivity index is 1.63. The fourth-order valence-corrected chi connectivity index (χ4v) is 1.97. The summed E-state index contributed by atoms with van der Waals surface area (Å²) in [4.78, 5) is 0. The number of thioether (sulfide) groups is 1. The highest BCUT2D eigenvalue weighted by Gasteiger charge is 2.21. The summed E-state index contributed by atoms with van der Waals surface area (Å²) >= 11 is 2.02. The lowest BCUT2D eigenvalue weighted by atomic mass is 10.1. The largest absolute Gasteiger partial charge is 0.380 e. The first-order chi connectivity index (χ1) is 6.93. The van der Waals surface area contributed by atoms with E-state index in [-0.39, 0.29) is 0 Å². The summed E-state index contributed by atoms with van der Waals surface area (Å²) in [6.45, 7) is 4.26. The second-order valence-electron chi connectivity index (χ2n) is 4.15. The molecule has 0 spiro atoms. The minimum atomic E-state index is 0.847. The maximum absolute atomic E-state index is 5.56. The van der Waals surface area contributed by atoms with Gasteiger partial charge in [0, 0.05) is 17.6 Å². The van der Waals surface area contributed by atoms with Gasteiger partial charge in [-0.3, -0.25) is 0 Å². The van der Waals surface area contributed by atoms with Crippen molar-refractivity contribution in [1.82, 2.24) is 0 Å². The Morgan fingerprint density at radius 1 is 1.07 bits per heavy atom. The smallest absolute Gasteiger partial charge is 0.0593 e. The van der Waals surface area contributed by atoms with Crippen molar-refractivity contribution in [2.45, 2.75) is 57.1 Å². The third kappa shape index (κ3) is 7.69. The van der Waals surface area contributed by atoms with Crippen molar-refractivity contribution in [2.75, 3.05) is 19.0 Å². The molecule has 1 unspecified atom stereocenters. The van der Waals surface area contributed by atoms with Crippen LogP contribution in [0.3, 0.4) is 0 Å². The van der Waals surface area contributed by atoms with E-state index in [0.717, 1.165) is 18.5 Å². The molecule has 1 fully saturated rings. The Kier molecular flexibility index (Phi) is 7.61. The van der Waals surface area contributed by atoms with Gasteiger partial charge in [0.25, 0.3) is 0 Å². The number of hydrogen-bond donors (Lipinski definition) is 0. The molecule has 0 N–H and O–H groups in total. The number of rotatable bonds is 10. The second kappa shape index (κ2) is 8.60. The molecule has 1 aliphatic rings. The zero-order chi connectivity index (χ0) is 10.1. The van der Waals surface area contributed by atoms with Gasteiger partial charge in [0.1, 0.15) is 0 Å². The monoisotopic (exact) mass is 216 g/mol. The summed E-state index contributed by atoms with van der Waals surface area (Å²) in [6, 6.07) is 0. The fraction of sp³-hybridized carbons (Fsp3) is 1.00. The van der Waals surface area contributed by atoms with Gasteiger partial charge in [-0.15, -0.1) is 0 Å². The lowest BCUT2D eigenvalue weighted by molar-refractivity contribution is 0.137. The van der Waals surface area contributed by atoms with Crippen molar-refractivity contribution in [3.8, 4) is 0 Å². The van der Waals surface area contributed by atoms with E-state index >= 15 is 0 Å². The first kappa shape index (κ1) is 12.4. The van der Waals surface area contributed by atoms with Crippen LogP contribution in [0.4, 0.5) is 0 Å². The molecular weight excluding hydrogens is 192 g/mol. The Labute approximate surface area is 93.0 Å². The highest BCUT2D eigenvalue weighted by atomic mass is 32.2. The second-order valence-corrected chi connectivity index (χ2v) is 5.48. The predicted octanol–water partition coefficient (Wildman–Crippen LogP) is 3.87. The molecule has 84 valence electrons. The van der Waals surface area contributed by atoms with Gasteiger partial charge >= 0.3 is 0 Å². The zero-order valence-corrected chi connectivity index (χ0v) is 10.3. The molecule has 0 radical (unpaired) electrons. The van der Waals surface area contributed by atoms with Gasteiger partial charge in [-0.1, -0.05) is 45.4 Å². The molecule has 0 aliphatic carbocycles. The molecule has 2 heteroatoms. The molecular formula is C12H24OS. The highest BCUT2D eigenvalue weighted by molar-refractivity contribution is 8.06. The van der Waals surface area contributed by atoms with E-state index in [1.807, 2.05) is 11.8 Å². The summed E-state index contributed by atoms with van der Waals surface area (Å²) in [5.74, 6) is 1.33. The van der Waals surface area contributed by atoms with Gasteiger partial charge in [0.15, 0.2) is 0 Å². The fourth-order valence-electron chi connectivity index (χ4n) is 1.54. The topological polar surface area (TPSA) is 9.23 Å². The van der Waals surface area contributed by atoms with E-state index in [0.29, 0.717) is 0 Å². The Hall–Kier alpha value is 0.310. The lowest BCUT2D eigenvalue weighted by Gasteiger charge is -2.02. The summed E-state index contributed by atoms with van der Waals surface area (Å²) in [6.07, 6.45) is 9.65. The predicted molar refractivity (Wildman–Crippen MR) is 65.1 cm³/mol. The number of unbranched alkanes of at least 4 members (excludes halogenated alkanes) is 6. The summed E-state index contributed by atoms with van der Waals surface area (Å²) in [7, 11) is 0. The van der Waals surface area contributed by atoms with Crippen molar-refractivity contribution in [1.29, 1.82) is 0 Å². The van der Waals surface area contributed by atoms with Crippen LogP contribution in [0, 0.1) is 0 Å². The van der Waals surface area contributed by atoms with Crippen LogP contribution >= 0.6 is 11.8 Å². The molecule has 1 atom stereocenters. The van der Waals surface area contributed by atoms with Crippen LogP contribution in [0.1, 0.15) is 51.9 Å². The van der Waals surface area contributed by atoms with Gasteiger partial charge < -0.3 is 4.74 Å².